The molecule has 4 nitrogen and oxygen atoms in total. The predicted molar refractivity (Wildman–Crippen MR) is 59.5 cm³/mol. The highest BCUT2D eigenvalue weighted by atomic mass is 19.1. The minimum Gasteiger partial charge on any atom is -0.505 e. The smallest absolute Gasteiger partial charge is 0.189 e. The van der Waals surface area contributed by atoms with Crippen LogP contribution < -0.4 is 11.1 Å². The molecule has 0 bridgehead atoms. The van der Waals surface area contributed by atoms with E-state index in [1.54, 1.807) is 6.07 Å². The van der Waals surface area contributed by atoms with E-state index in [0.717, 1.165) is 12.8 Å². The number of nitrogens with zero attached hydrogens (tertiary/aromatic N) is 1. The summed E-state index contributed by atoms with van der Waals surface area (Å²) in [7, 11) is 0. The van der Waals surface area contributed by atoms with Crippen LogP contribution >= 0.6 is 0 Å². The summed E-state index contributed by atoms with van der Waals surface area (Å²) in [4.78, 5) is 4.08. The number of hydrogen-bond donors (Lipinski definition) is 3. The molecule has 0 radical (unpaired) electrons. The van der Waals surface area contributed by atoms with E-state index in [0.29, 0.717) is 24.1 Å². The molecule has 0 heterocycles. The highest BCUT2D eigenvalue weighted by Crippen LogP contribution is 2.18. The number of phenols is 1. The van der Waals surface area contributed by atoms with Crippen LogP contribution in [0.4, 0.5) is 4.39 Å². The van der Waals surface area contributed by atoms with Crippen LogP contribution in [0.25, 0.3) is 0 Å². The molecule has 1 aliphatic rings. The van der Waals surface area contributed by atoms with Gasteiger partial charge < -0.3 is 16.2 Å². The lowest BCUT2D eigenvalue weighted by molar-refractivity contribution is 0.432. The Morgan fingerprint density at radius 2 is 2.31 bits per heavy atom. The van der Waals surface area contributed by atoms with Crippen LogP contribution in [0.2, 0.25) is 0 Å². The van der Waals surface area contributed by atoms with Gasteiger partial charge in [0.25, 0.3) is 0 Å². The van der Waals surface area contributed by atoms with E-state index in [1.165, 1.54) is 12.1 Å². The summed E-state index contributed by atoms with van der Waals surface area (Å²) in [6, 6.07) is 4.64. The van der Waals surface area contributed by atoms with Crippen LogP contribution in [0.5, 0.6) is 5.75 Å². The first-order chi connectivity index (χ1) is 7.65. The molecule has 2 rings (SSSR count). The third-order valence-electron chi connectivity index (χ3n) is 2.37. The maximum absolute atomic E-state index is 13.0. The second-order valence-electron chi connectivity index (χ2n) is 3.91. The van der Waals surface area contributed by atoms with Crippen LogP contribution in [0.1, 0.15) is 18.4 Å². The molecule has 0 aromatic heterocycles. The summed E-state index contributed by atoms with van der Waals surface area (Å²) in [5.74, 6) is -0.603. The Kier molecular flexibility index (Phi) is 2.94. The number of guanidine groups is 1. The highest BCUT2D eigenvalue weighted by molar-refractivity contribution is 5.78. The lowest BCUT2D eigenvalue weighted by atomic mass is 10.2. The van der Waals surface area contributed by atoms with Gasteiger partial charge in [-0.3, -0.25) is 0 Å². The number of benzene rings is 1. The molecule has 1 aromatic carbocycles. The number of aliphatic imine (C=N–C) groups is 1. The molecule has 0 amide bonds. The lowest BCUT2D eigenvalue weighted by Crippen LogP contribution is -2.33. The maximum Gasteiger partial charge on any atom is 0.189 e. The van der Waals surface area contributed by atoms with Gasteiger partial charge in [0.05, 0.1) is 6.54 Å². The first-order valence-electron chi connectivity index (χ1n) is 5.19. The molecule has 0 atom stereocenters. The number of hydrogen-bond acceptors (Lipinski definition) is 2. The standard InChI is InChI=1S/C11H14FN3O/c12-9-5-7(1-4-10(9)16)6-14-11(13)15-8-2-3-8/h1,4-5,8,16H,2-3,6H2,(H3,13,14,15). The zero-order valence-electron chi connectivity index (χ0n) is 8.78. The monoisotopic (exact) mass is 223 g/mol. The number of phenolic OH excluding ortho intramolecular Hbond substituents is 1. The van der Waals surface area contributed by atoms with Crippen molar-refractivity contribution in [2.45, 2.75) is 25.4 Å². The summed E-state index contributed by atoms with van der Waals surface area (Å²) in [5.41, 5.74) is 6.30. The van der Waals surface area contributed by atoms with Crippen molar-refractivity contribution in [3.05, 3.63) is 29.6 Å². The Bertz CT molecular complexity index is 416. The van der Waals surface area contributed by atoms with Crippen molar-refractivity contribution in [2.24, 2.45) is 10.7 Å². The van der Waals surface area contributed by atoms with Gasteiger partial charge in [0.15, 0.2) is 17.5 Å². The van der Waals surface area contributed by atoms with Crippen LogP contribution in [-0.4, -0.2) is 17.1 Å². The molecule has 16 heavy (non-hydrogen) atoms. The Hall–Kier alpha value is -1.78. The summed E-state index contributed by atoms with van der Waals surface area (Å²) in [6.45, 7) is 0.308. The Labute approximate surface area is 93.0 Å². The average molecular weight is 223 g/mol. The molecule has 1 aliphatic carbocycles. The van der Waals surface area contributed by atoms with Crippen molar-refractivity contribution in [2.75, 3.05) is 0 Å². The van der Waals surface area contributed by atoms with E-state index in [-0.39, 0.29) is 5.75 Å². The van der Waals surface area contributed by atoms with E-state index in [9.17, 15) is 4.39 Å². The van der Waals surface area contributed by atoms with E-state index < -0.39 is 5.82 Å². The van der Waals surface area contributed by atoms with Gasteiger partial charge in [0.1, 0.15) is 0 Å². The Morgan fingerprint density at radius 3 is 2.94 bits per heavy atom. The molecular weight excluding hydrogens is 209 g/mol. The predicted octanol–water partition coefficient (Wildman–Crippen LogP) is 1.10. The first kappa shape index (κ1) is 10.7. The van der Waals surface area contributed by atoms with Gasteiger partial charge >= 0.3 is 0 Å². The van der Waals surface area contributed by atoms with Gasteiger partial charge in [-0.05, 0) is 30.5 Å². The quantitative estimate of drug-likeness (QED) is 0.530. The molecule has 1 aromatic rings. The van der Waals surface area contributed by atoms with E-state index in [1.807, 2.05) is 0 Å². The van der Waals surface area contributed by atoms with Crippen LogP contribution in [0.15, 0.2) is 23.2 Å². The molecule has 5 heteroatoms. The fraction of sp³-hybridized carbons (Fsp3) is 0.364. The number of halogens is 1. The fourth-order valence-electron chi connectivity index (χ4n) is 1.31. The van der Waals surface area contributed by atoms with Gasteiger partial charge in [-0.1, -0.05) is 6.07 Å². The van der Waals surface area contributed by atoms with Crippen molar-refractivity contribution >= 4 is 5.96 Å². The molecule has 4 N–H and O–H groups in total. The topological polar surface area (TPSA) is 70.6 Å². The van der Waals surface area contributed by atoms with Gasteiger partial charge in [-0.15, -0.1) is 0 Å². The molecule has 1 saturated carbocycles. The maximum atomic E-state index is 13.0. The average Bonchev–Trinajstić information content (AvgIpc) is 3.04. The van der Waals surface area contributed by atoms with Crippen molar-refractivity contribution in [1.82, 2.24) is 5.32 Å². The highest BCUT2D eigenvalue weighted by Gasteiger charge is 2.21. The van der Waals surface area contributed by atoms with Crippen LogP contribution in [-0.2, 0) is 6.54 Å². The minimum absolute atomic E-state index is 0.308. The molecule has 0 aliphatic heterocycles. The molecule has 1 fully saturated rings. The van der Waals surface area contributed by atoms with Crippen molar-refractivity contribution in [3.8, 4) is 5.75 Å². The van der Waals surface area contributed by atoms with Gasteiger partial charge in [0.2, 0.25) is 0 Å². The molecule has 86 valence electrons. The van der Waals surface area contributed by atoms with Gasteiger partial charge in [-0.25, -0.2) is 9.38 Å². The second-order valence-corrected chi connectivity index (χ2v) is 3.91. The first-order valence-corrected chi connectivity index (χ1v) is 5.19. The fourth-order valence-corrected chi connectivity index (χ4v) is 1.31. The summed E-state index contributed by atoms with van der Waals surface area (Å²) in [5, 5.41) is 12.0. The number of aromatic hydroxyl groups is 1. The van der Waals surface area contributed by atoms with Crippen molar-refractivity contribution in [1.29, 1.82) is 0 Å². The van der Waals surface area contributed by atoms with Crippen molar-refractivity contribution < 1.29 is 9.50 Å². The zero-order valence-corrected chi connectivity index (χ0v) is 8.78. The summed E-state index contributed by atoms with van der Waals surface area (Å²) in [6.07, 6.45) is 2.26. The summed E-state index contributed by atoms with van der Waals surface area (Å²) >= 11 is 0. The zero-order chi connectivity index (χ0) is 11.5. The molecular formula is C11H14FN3O. The number of rotatable bonds is 3. The van der Waals surface area contributed by atoms with E-state index >= 15 is 0 Å². The molecule has 0 unspecified atom stereocenters. The Balaban J connectivity index is 1.94. The number of nitrogens with two attached hydrogens (primary N) is 1. The third-order valence-corrected chi connectivity index (χ3v) is 2.37. The van der Waals surface area contributed by atoms with Crippen molar-refractivity contribution in [3.63, 3.8) is 0 Å². The lowest BCUT2D eigenvalue weighted by Gasteiger charge is -2.03. The molecule has 0 spiro atoms. The largest absolute Gasteiger partial charge is 0.505 e. The molecule has 0 saturated heterocycles. The van der Waals surface area contributed by atoms with Gasteiger partial charge in [-0.2, -0.15) is 0 Å². The van der Waals surface area contributed by atoms with Crippen LogP contribution in [0, 0.1) is 5.82 Å². The van der Waals surface area contributed by atoms with Crippen LogP contribution in [0.3, 0.4) is 0 Å². The normalized spacial score (nSPS) is 16.2. The number of nitrogens with one attached hydrogen (secondary N) is 1. The Morgan fingerprint density at radius 1 is 1.56 bits per heavy atom. The SMILES string of the molecule is NC(=NCc1ccc(O)c(F)c1)NC1CC1. The minimum atomic E-state index is -0.638. The van der Waals surface area contributed by atoms with E-state index in [2.05, 4.69) is 10.3 Å². The third kappa shape index (κ3) is 2.85. The summed E-state index contributed by atoms with van der Waals surface area (Å²) < 4.78 is 13.0. The van der Waals surface area contributed by atoms with E-state index in [4.69, 9.17) is 10.8 Å². The van der Waals surface area contributed by atoms with Gasteiger partial charge in [0, 0.05) is 6.04 Å². The second kappa shape index (κ2) is 4.38.